The number of ether oxygens (including phenoxy) is 2. The van der Waals surface area contributed by atoms with Gasteiger partial charge in [-0.15, -0.1) is 0 Å². The van der Waals surface area contributed by atoms with Crippen LogP contribution in [0.2, 0.25) is 5.02 Å². The van der Waals surface area contributed by atoms with Crippen molar-refractivity contribution in [2.45, 2.75) is 13.3 Å². The molecular formula is C14H16ClNO4. The number of rotatable bonds is 4. The van der Waals surface area contributed by atoms with Crippen LogP contribution in [-0.2, 0) is 9.53 Å². The Kier molecular flexibility index (Phi) is 4.18. The Morgan fingerprint density at radius 2 is 2.00 bits per heavy atom. The predicted molar refractivity (Wildman–Crippen MR) is 75.2 cm³/mol. The quantitative estimate of drug-likeness (QED) is 0.868. The summed E-state index contributed by atoms with van der Waals surface area (Å²) in [6.45, 7) is 2.02. The smallest absolute Gasteiger partial charge is 0.341 e. The van der Waals surface area contributed by atoms with Crippen LogP contribution in [0.15, 0.2) is 12.1 Å². The number of amides is 1. The lowest BCUT2D eigenvalue weighted by Crippen LogP contribution is -2.15. The molecule has 2 unspecified atom stereocenters. The molecule has 0 saturated heterocycles. The van der Waals surface area contributed by atoms with Gasteiger partial charge in [0, 0.05) is 12.0 Å². The first-order valence-electron chi connectivity index (χ1n) is 6.24. The molecule has 0 heterocycles. The van der Waals surface area contributed by atoms with Crippen molar-refractivity contribution in [1.82, 2.24) is 0 Å². The molecule has 2 rings (SSSR count). The lowest BCUT2D eigenvalue weighted by molar-refractivity contribution is -0.117. The molecule has 0 spiro atoms. The van der Waals surface area contributed by atoms with Crippen LogP contribution in [-0.4, -0.2) is 26.1 Å². The van der Waals surface area contributed by atoms with E-state index in [1.807, 2.05) is 6.92 Å². The fraction of sp³-hybridized carbons (Fsp3) is 0.429. The molecule has 1 aromatic rings. The highest BCUT2D eigenvalue weighted by molar-refractivity contribution is 6.34. The molecule has 1 aliphatic rings. The number of anilines is 1. The van der Waals surface area contributed by atoms with Crippen LogP contribution < -0.4 is 10.1 Å². The van der Waals surface area contributed by atoms with Gasteiger partial charge in [-0.2, -0.15) is 0 Å². The third-order valence-electron chi connectivity index (χ3n) is 3.40. The second-order valence-corrected chi connectivity index (χ2v) is 5.24. The molecule has 0 bridgehead atoms. The van der Waals surface area contributed by atoms with Crippen LogP contribution in [0.1, 0.15) is 23.7 Å². The molecule has 1 amide bonds. The predicted octanol–water partition coefficient (Wildman–Crippen LogP) is 2.73. The van der Waals surface area contributed by atoms with Gasteiger partial charge in [0.25, 0.3) is 0 Å². The largest absolute Gasteiger partial charge is 0.496 e. The number of halogens is 1. The van der Waals surface area contributed by atoms with Crippen molar-refractivity contribution in [2.75, 3.05) is 19.5 Å². The molecule has 0 aromatic heterocycles. The van der Waals surface area contributed by atoms with E-state index in [-0.39, 0.29) is 22.4 Å². The first kappa shape index (κ1) is 14.7. The summed E-state index contributed by atoms with van der Waals surface area (Å²) < 4.78 is 9.78. The van der Waals surface area contributed by atoms with Crippen molar-refractivity contribution in [3.05, 3.63) is 22.7 Å². The van der Waals surface area contributed by atoms with E-state index >= 15 is 0 Å². The molecular weight excluding hydrogens is 282 g/mol. The summed E-state index contributed by atoms with van der Waals surface area (Å²) >= 11 is 6.09. The summed E-state index contributed by atoms with van der Waals surface area (Å²) in [6.07, 6.45) is 0.890. The van der Waals surface area contributed by atoms with Crippen LogP contribution in [0, 0.1) is 11.8 Å². The summed E-state index contributed by atoms with van der Waals surface area (Å²) in [5.41, 5.74) is 0.651. The van der Waals surface area contributed by atoms with E-state index < -0.39 is 5.97 Å². The first-order chi connectivity index (χ1) is 9.47. The van der Waals surface area contributed by atoms with Crippen molar-refractivity contribution in [1.29, 1.82) is 0 Å². The molecule has 1 fully saturated rings. The Hall–Kier alpha value is -1.75. The SMILES string of the molecule is COC(=O)c1cc(Cl)c(NC(=O)C2CC2C)cc1OC. The average molecular weight is 298 g/mol. The lowest BCUT2D eigenvalue weighted by atomic mass is 10.1. The Bertz CT molecular complexity index is 558. The maximum Gasteiger partial charge on any atom is 0.341 e. The van der Waals surface area contributed by atoms with Crippen LogP contribution in [0.4, 0.5) is 5.69 Å². The summed E-state index contributed by atoms with van der Waals surface area (Å²) in [5, 5.41) is 3.03. The lowest BCUT2D eigenvalue weighted by Gasteiger charge is -2.12. The maximum atomic E-state index is 11.9. The molecule has 0 radical (unpaired) electrons. The highest BCUT2D eigenvalue weighted by Gasteiger charge is 2.39. The van der Waals surface area contributed by atoms with Gasteiger partial charge >= 0.3 is 5.97 Å². The molecule has 2 atom stereocenters. The third-order valence-corrected chi connectivity index (χ3v) is 3.71. The number of benzene rings is 1. The van der Waals surface area contributed by atoms with E-state index in [0.717, 1.165) is 6.42 Å². The minimum Gasteiger partial charge on any atom is -0.496 e. The van der Waals surface area contributed by atoms with Crippen molar-refractivity contribution in [2.24, 2.45) is 11.8 Å². The Labute approximate surface area is 122 Å². The van der Waals surface area contributed by atoms with Gasteiger partial charge in [-0.25, -0.2) is 4.79 Å². The van der Waals surface area contributed by atoms with E-state index in [2.05, 4.69) is 10.1 Å². The van der Waals surface area contributed by atoms with Crippen LogP contribution in [0.3, 0.4) is 0 Å². The number of hydrogen-bond donors (Lipinski definition) is 1. The molecule has 0 aliphatic heterocycles. The van der Waals surface area contributed by atoms with Gasteiger partial charge in [-0.05, 0) is 18.4 Å². The van der Waals surface area contributed by atoms with Crippen LogP contribution in [0.25, 0.3) is 0 Å². The number of hydrogen-bond acceptors (Lipinski definition) is 4. The van der Waals surface area contributed by atoms with Gasteiger partial charge in [0.2, 0.25) is 5.91 Å². The van der Waals surface area contributed by atoms with Gasteiger partial charge in [-0.3, -0.25) is 4.79 Å². The van der Waals surface area contributed by atoms with Crippen molar-refractivity contribution in [3.8, 4) is 5.75 Å². The average Bonchev–Trinajstić information content (AvgIpc) is 3.16. The monoisotopic (exact) mass is 297 g/mol. The number of esters is 1. The Morgan fingerprint density at radius 1 is 1.35 bits per heavy atom. The van der Waals surface area contributed by atoms with Gasteiger partial charge in [0.1, 0.15) is 11.3 Å². The fourth-order valence-electron chi connectivity index (χ4n) is 2.00. The maximum absolute atomic E-state index is 11.9. The number of methoxy groups -OCH3 is 2. The normalized spacial score (nSPS) is 20.2. The highest BCUT2D eigenvalue weighted by atomic mass is 35.5. The van der Waals surface area contributed by atoms with E-state index in [0.29, 0.717) is 17.4 Å². The van der Waals surface area contributed by atoms with Crippen LogP contribution >= 0.6 is 11.6 Å². The first-order valence-corrected chi connectivity index (χ1v) is 6.62. The molecule has 1 N–H and O–H groups in total. The van der Waals surface area contributed by atoms with Gasteiger partial charge in [-0.1, -0.05) is 18.5 Å². The summed E-state index contributed by atoms with van der Waals surface area (Å²) in [4.78, 5) is 23.5. The minimum atomic E-state index is -0.544. The number of nitrogens with one attached hydrogen (secondary N) is 1. The summed E-state index contributed by atoms with van der Waals surface area (Å²) in [5.74, 6) is 0.146. The number of carbonyl (C=O) groups is 2. The molecule has 1 aromatic carbocycles. The minimum absolute atomic E-state index is 0.0392. The fourth-order valence-corrected chi connectivity index (χ4v) is 2.21. The molecule has 5 nitrogen and oxygen atoms in total. The van der Waals surface area contributed by atoms with E-state index in [1.54, 1.807) is 0 Å². The molecule has 1 aliphatic carbocycles. The van der Waals surface area contributed by atoms with Gasteiger partial charge < -0.3 is 14.8 Å². The molecule has 108 valence electrons. The standard InChI is InChI=1S/C14H16ClNO4/c1-7-4-8(7)13(17)16-11-6-12(19-2)9(5-10(11)15)14(18)20-3/h5-8H,4H2,1-3H3,(H,16,17). The van der Waals surface area contributed by atoms with Crippen molar-refractivity contribution >= 4 is 29.2 Å². The second-order valence-electron chi connectivity index (χ2n) is 4.83. The zero-order chi connectivity index (χ0) is 14.9. The van der Waals surface area contributed by atoms with E-state index in [4.69, 9.17) is 16.3 Å². The van der Waals surface area contributed by atoms with E-state index in [1.165, 1.54) is 26.4 Å². The third kappa shape index (κ3) is 2.88. The van der Waals surface area contributed by atoms with E-state index in [9.17, 15) is 9.59 Å². The molecule has 20 heavy (non-hydrogen) atoms. The topological polar surface area (TPSA) is 64.6 Å². The number of carbonyl (C=O) groups excluding carboxylic acids is 2. The van der Waals surface area contributed by atoms with Crippen molar-refractivity contribution in [3.63, 3.8) is 0 Å². The second kappa shape index (κ2) is 5.71. The molecule has 6 heteroatoms. The highest BCUT2D eigenvalue weighted by Crippen LogP contribution is 2.39. The molecule has 1 saturated carbocycles. The Balaban J connectivity index is 2.26. The van der Waals surface area contributed by atoms with Crippen molar-refractivity contribution < 1.29 is 19.1 Å². The van der Waals surface area contributed by atoms with Gasteiger partial charge in [0.15, 0.2) is 0 Å². The van der Waals surface area contributed by atoms with Crippen LogP contribution in [0.5, 0.6) is 5.75 Å². The zero-order valence-electron chi connectivity index (χ0n) is 11.5. The van der Waals surface area contributed by atoms with Gasteiger partial charge in [0.05, 0.1) is 24.9 Å². The summed E-state index contributed by atoms with van der Waals surface area (Å²) in [7, 11) is 2.71. The Morgan fingerprint density at radius 3 is 2.50 bits per heavy atom. The summed E-state index contributed by atoms with van der Waals surface area (Å²) in [6, 6.07) is 2.96. The zero-order valence-corrected chi connectivity index (χ0v) is 12.3.